The topological polar surface area (TPSA) is 0 Å². The van der Waals surface area contributed by atoms with Crippen LogP contribution in [0.1, 0.15) is 50.0 Å². The minimum absolute atomic E-state index is 0.897. The molecule has 2 unspecified atom stereocenters. The molecule has 2 fully saturated rings. The van der Waals surface area contributed by atoms with Gasteiger partial charge < -0.3 is 0 Å². The highest BCUT2D eigenvalue weighted by molar-refractivity contribution is 5.23. The van der Waals surface area contributed by atoms with Gasteiger partial charge in [-0.2, -0.15) is 0 Å². The van der Waals surface area contributed by atoms with Crippen molar-refractivity contribution < 1.29 is 0 Å². The Kier molecular flexibility index (Phi) is 2.52. The first-order valence-corrected chi connectivity index (χ1v) is 6.50. The first-order chi connectivity index (χ1) is 7.45. The lowest BCUT2D eigenvalue weighted by Gasteiger charge is -2.41. The fourth-order valence-corrected chi connectivity index (χ4v) is 3.59. The molecule has 1 aromatic rings. The molecule has 0 heterocycles. The van der Waals surface area contributed by atoms with E-state index in [1.54, 1.807) is 5.56 Å². The summed E-state index contributed by atoms with van der Waals surface area (Å²) < 4.78 is 0. The summed E-state index contributed by atoms with van der Waals surface area (Å²) in [7, 11) is 0. The van der Waals surface area contributed by atoms with E-state index in [9.17, 15) is 0 Å². The lowest BCUT2D eigenvalue weighted by Crippen LogP contribution is -2.29. The summed E-state index contributed by atoms with van der Waals surface area (Å²) in [6, 6.07) is 11.2. The van der Waals surface area contributed by atoms with Crippen molar-refractivity contribution in [1.82, 2.24) is 0 Å². The van der Waals surface area contributed by atoms with Gasteiger partial charge in [0.25, 0.3) is 0 Å². The van der Waals surface area contributed by atoms with Crippen LogP contribution in [0.25, 0.3) is 0 Å². The second-order valence-electron chi connectivity index (χ2n) is 5.30. The maximum Gasteiger partial charge on any atom is -0.0131 e. The predicted octanol–water partition coefficient (Wildman–Crippen LogP) is 4.37. The molecule has 0 nitrogen and oxygen atoms in total. The van der Waals surface area contributed by atoms with Gasteiger partial charge >= 0.3 is 0 Å². The van der Waals surface area contributed by atoms with Gasteiger partial charge in [0.05, 0.1) is 0 Å². The van der Waals surface area contributed by atoms with Crippen LogP contribution in [0.15, 0.2) is 30.3 Å². The molecule has 0 aromatic heterocycles. The van der Waals surface area contributed by atoms with Gasteiger partial charge in [-0.15, -0.1) is 0 Å². The smallest absolute Gasteiger partial charge is 0.0131 e. The summed E-state index contributed by atoms with van der Waals surface area (Å²) in [5, 5.41) is 0. The Hall–Kier alpha value is -0.780. The lowest BCUT2D eigenvalue weighted by molar-refractivity contribution is 0.166. The SMILES string of the molecule is c1ccc(C2CCC2C2CCCC2)cc1. The quantitative estimate of drug-likeness (QED) is 0.665. The van der Waals surface area contributed by atoms with Crippen LogP contribution in [-0.4, -0.2) is 0 Å². The maximum atomic E-state index is 2.33. The Morgan fingerprint density at radius 2 is 1.53 bits per heavy atom. The van der Waals surface area contributed by atoms with Crippen molar-refractivity contribution in [1.29, 1.82) is 0 Å². The molecule has 0 aliphatic heterocycles. The molecule has 0 saturated heterocycles. The van der Waals surface area contributed by atoms with Crippen LogP contribution in [0.5, 0.6) is 0 Å². The summed E-state index contributed by atoms with van der Waals surface area (Å²) in [6.45, 7) is 0. The minimum atomic E-state index is 0.897. The first kappa shape index (κ1) is 9.45. The molecule has 3 rings (SSSR count). The van der Waals surface area contributed by atoms with Gasteiger partial charge in [0, 0.05) is 0 Å². The highest BCUT2D eigenvalue weighted by atomic mass is 14.4. The highest BCUT2D eigenvalue weighted by Crippen LogP contribution is 2.50. The van der Waals surface area contributed by atoms with Gasteiger partial charge in [0.2, 0.25) is 0 Å². The molecule has 0 radical (unpaired) electrons. The van der Waals surface area contributed by atoms with Crippen LogP contribution < -0.4 is 0 Å². The van der Waals surface area contributed by atoms with E-state index >= 15 is 0 Å². The van der Waals surface area contributed by atoms with E-state index in [0.29, 0.717) is 0 Å². The van der Waals surface area contributed by atoms with Gasteiger partial charge in [-0.25, -0.2) is 0 Å². The van der Waals surface area contributed by atoms with Gasteiger partial charge in [0.15, 0.2) is 0 Å². The van der Waals surface area contributed by atoms with Crippen LogP contribution in [0.3, 0.4) is 0 Å². The summed E-state index contributed by atoms with van der Waals surface area (Å²) in [5.41, 5.74) is 1.60. The second kappa shape index (κ2) is 4.00. The van der Waals surface area contributed by atoms with E-state index in [4.69, 9.17) is 0 Å². The Balaban J connectivity index is 1.72. The Morgan fingerprint density at radius 1 is 0.800 bits per heavy atom. The summed E-state index contributed by atoms with van der Waals surface area (Å²) in [5.74, 6) is 2.98. The number of hydrogen-bond acceptors (Lipinski definition) is 0. The van der Waals surface area contributed by atoms with Crippen molar-refractivity contribution in [3.8, 4) is 0 Å². The predicted molar refractivity (Wildman–Crippen MR) is 63.9 cm³/mol. The average Bonchev–Trinajstić information content (AvgIpc) is 2.71. The van der Waals surface area contributed by atoms with Crippen LogP contribution in [0, 0.1) is 11.8 Å². The lowest BCUT2D eigenvalue weighted by atomic mass is 9.64. The molecule has 80 valence electrons. The maximum absolute atomic E-state index is 2.33. The minimum Gasteiger partial charge on any atom is -0.0622 e. The van der Waals surface area contributed by atoms with Crippen molar-refractivity contribution in [2.45, 2.75) is 44.4 Å². The van der Waals surface area contributed by atoms with Gasteiger partial charge in [0.1, 0.15) is 0 Å². The molecule has 0 bridgehead atoms. The first-order valence-electron chi connectivity index (χ1n) is 6.50. The number of benzene rings is 1. The zero-order chi connectivity index (χ0) is 10.1. The summed E-state index contributed by atoms with van der Waals surface area (Å²) >= 11 is 0. The van der Waals surface area contributed by atoms with E-state index in [1.807, 2.05) is 0 Å². The van der Waals surface area contributed by atoms with Crippen LogP contribution in [-0.2, 0) is 0 Å². The van der Waals surface area contributed by atoms with E-state index in [0.717, 1.165) is 17.8 Å². The Morgan fingerprint density at radius 3 is 2.13 bits per heavy atom. The molecule has 1 aromatic carbocycles. The molecule has 15 heavy (non-hydrogen) atoms. The van der Waals surface area contributed by atoms with Gasteiger partial charge in [-0.3, -0.25) is 0 Å². The Bertz CT molecular complexity index is 308. The standard InChI is InChI=1S/C15H20/c1-2-6-12(7-3-1)14-10-11-15(14)13-8-4-5-9-13/h1-3,6-7,13-15H,4-5,8-11H2. The second-order valence-corrected chi connectivity index (χ2v) is 5.30. The van der Waals surface area contributed by atoms with Crippen molar-refractivity contribution in [3.63, 3.8) is 0 Å². The zero-order valence-corrected chi connectivity index (χ0v) is 9.36. The molecule has 0 heteroatoms. The van der Waals surface area contributed by atoms with E-state index in [2.05, 4.69) is 30.3 Å². The number of hydrogen-bond donors (Lipinski definition) is 0. The molecule has 2 aliphatic rings. The van der Waals surface area contributed by atoms with Crippen LogP contribution >= 0.6 is 0 Å². The van der Waals surface area contributed by atoms with E-state index in [-0.39, 0.29) is 0 Å². The Labute approximate surface area is 92.7 Å². The molecule has 2 aliphatic carbocycles. The van der Waals surface area contributed by atoms with Crippen molar-refractivity contribution in [2.24, 2.45) is 11.8 Å². The molecule has 0 spiro atoms. The monoisotopic (exact) mass is 200 g/mol. The molecule has 0 N–H and O–H groups in total. The number of rotatable bonds is 2. The molecular formula is C15H20. The molecule has 0 amide bonds. The van der Waals surface area contributed by atoms with Crippen molar-refractivity contribution in [2.75, 3.05) is 0 Å². The normalized spacial score (nSPS) is 31.5. The summed E-state index contributed by atoms with van der Waals surface area (Å²) in [6.07, 6.45) is 8.92. The van der Waals surface area contributed by atoms with Crippen molar-refractivity contribution >= 4 is 0 Å². The molecule has 2 saturated carbocycles. The van der Waals surface area contributed by atoms with Gasteiger partial charge in [-0.05, 0) is 36.2 Å². The largest absolute Gasteiger partial charge is 0.0622 e. The molecular weight excluding hydrogens is 180 g/mol. The fourth-order valence-electron chi connectivity index (χ4n) is 3.59. The summed E-state index contributed by atoms with van der Waals surface area (Å²) in [4.78, 5) is 0. The van der Waals surface area contributed by atoms with Crippen molar-refractivity contribution in [3.05, 3.63) is 35.9 Å². The fraction of sp³-hybridized carbons (Fsp3) is 0.600. The molecule has 2 atom stereocenters. The highest BCUT2D eigenvalue weighted by Gasteiger charge is 2.38. The third-order valence-corrected chi connectivity index (χ3v) is 4.56. The third-order valence-electron chi connectivity index (χ3n) is 4.56. The third kappa shape index (κ3) is 1.71. The van der Waals surface area contributed by atoms with Crippen LogP contribution in [0.4, 0.5) is 0 Å². The zero-order valence-electron chi connectivity index (χ0n) is 9.36. The van der Waals surface area contributed by atoms with E-state index in [1.165, 1.54) is 38.5 Å². The van der Waals surface area contributed by atoms with Gasteiger partial charge in [-0.1, -0.05) is 56.0 Å². The van der Waals surface area contributed by atoms with Crippen LogP contribution in [0.2, 0.25) is 0 Å². The van der Waals surface area contributed by atoms with E-state index < -0.39 is 0 Å². The average molecular weight is 200 g/mol.